The lowest BCUT2D eigenvalue weighted by Crippen LogP contribution is -2.25. The number of benzene rings is 1. The van der Waals surface area contributed by atoms with Crippen molar-refractivity contribution in [2.75, 3.05) is 52.6 Å². The van der Waals surface area contributed by atoms with Crippen molar-refractivity contribution in [3.63, 3.8) is 0 Å². The molecule has 24 heavy (non-hydrogen) atoms. The number of rotatable bonds is 12. The van der Waals surface area contributed by atoms with E-state index in [9.17, 15) is 9.59 Å². The fraction of sp³-hybridized carbons (Fsp3) is 0.500. The van der Waals surface area contributed by atoms with Crippen LogP contribution in [-0.4, -0.2) is 74.8 Å². The SMILES string of the molecule is O=C(OCCNCCO)c1ccccc1C(=O)OCCNCCO. The van der Waals surface area contributed by atoms with Crippen LogP contribution in [0.2, 0.25) is 0 Å². The maximum Gasteiger partial charge on any atom is 0.339 e. The van der Waals surface area contributed by atoms with Gasteiger partial charge in [-0.2, -0.15) is 0 Å². The van der Waals surface area contributed by atoms with Gasteiger partial charge in [0, 0.05) is 26.2 Å². The second kappa shape index (κ2) is 12.4. The van der Waals surface area contributed by atoms with Gasteiger partial charge in [-0.15, -0.1) is 0 Å². The Kier molecular flexibility index (Phi) is 10.4. The molecule has 0 fully saturated rings. The van der Waals surface area contributed by atoms with Crippen molar-refractivity contribution in [3.8, 4) is 0 Å². The fourth-order valence-corrected chi connectivity index (χ4v) is 1.83. The Morgan fingerprint density at radius 3 is 1.58 bits per heavy atom. The second-order valence-corrected chi connectivity index (χ2v) is 4.76. The average molecular weight is 340 g/mol. The van der Waals surface area contributed by atoms with Crippen LogP contribution in [-0.2, 0) is 9.47 Å². The summed E-state index contributed by atoms with van der Waals surface area (Å²) in [6.45, 7) is 1.95. The lowest BCUT2D eigenvalue weighted by Gasteiger charge is -2.10. The Labute approximate surface area is 140 Å². The van der Waals surface area contributed by atoms with E-state index in [0.717, 1.165) is 0 Å². The first-order chi connectivity index (χ1) is 11.7. The van der Waals surface area contributed by atoms with Gasteiger partial charge >= 0.3 is 11.9 Å². The van der Waals surface area contributed by atoms with Crippen molar-refractivity contribution >= 4 is 11.9 Å². The molecule has 4 N–H and O–H groups in total. The molecule has 0 bridgehead atoms. The maximum absolute atomic E-state index is 12.1. The highest BCUT2D eigenvalue weighted by Crippen LogP contribution is 2.11. The minimum atomic E-state index is -0.605. The lowest BCUT2D eigenvalue weighted by atomic mass is 10.1. The summed E-state index contributed by atoms with van der Waals surface area (Å²) in [5.74, 6) is -1.21. The third kappa shape index (κ3) is 7.51. The molecule has 1 aromatic carbocycles. The van der Waals surface area contributed by atoms with Crippen LogP contribution in [0.25, 0.3) is 0 Å². The van der Waals surface area contributed by atoms with Crippen molar-refractivity contribution in [1.82, 2.24) is 10.6 Å². The predicted octanol–water partition coefficient (Wildman–Crippen LogP) is -0.836. The van der Waals surface area contributed by atoms with E-state index in [1.54, 1.807) is 12.1 Å². The van der Waals surface area contributed by atoms with Gasteiger partial charge in [-0.3, -0.25) is 0 Å². The predicted molar refractivity (Wildman–Crippen MR) is 86.9 cm³/mol. The van der Waals surface area contributed by atoms with E-state index in [4.69, 9.17) is 19.7 Å². The zero-order valence-electron chi connectivity index (χ0n) is 13.5. The van der Waals surface area contributed by atoms with Crippen LogP contribution in [0.1, 0.15) is 20.7 Å². The summed E-state index contributed by atoms with van der Waals surface area (Å²) in [6.07, 6.45) is 0. The molecular weight excluding hydrogens is 316 g/mol. The minimum absolute atomic E-state index is 0.00970. The minimum Gasteiger partial charge on any atom is -0.461 e. The topological polar surface area (TPSA) is 117 Å². The molecule has 0 aliphatic heterocycles. The normalized spacial score (nSPS) is 10.4. The first kappa shape index (κ1) is 20.0. The van der Waals surface area contributed by atoms with Gasteiger partial charge in [0.2, 0.25) is 0 Å². The zero-order chi connectivity index (χ0) is 17.6. The molecule has 0 aliphatic carbocycles. The molecule has 0 aliphatic rings. The van der Waals surface area contributed by atoms with Gasteiger partial charge in [0.15, 0.2) is 0 Å². The van der Waals surface area contributed by atoms with E-state index in [1.807, 2.05) is 0 Å². The van der Waals surface area contributed by atoms with Gasteiger partial charge in [-0.25, -0.2) is 9.59 Å². The van der Waals surface area contributed by atoms with Gasteiger partial charge in [0.25, 0.3) is 0 Å². The Bertz CT molecular complexity index is 464. The highest BCUT2D eigenvalue weighted by Gasteiger charge is 2.18. The van der Waals surface area contributed by atoms with Crippen LogP contribution in [0, 0.1) is 0 Å². The quantitative estimate of drug-likeness (QED) is 0.288. The molecular formula is C16H24N2O6. The van der Waals surface area contributed by atoms with E-state index in [-0.39, 0.29) is 37.6 Å². The van der Waals surface area contributed by atoms with Crippen molar-refractivity contribution < 1.29 is 29.3 Å². The van der Waals surface area contributed by atoms with E-state index in [1.165, 1.54) is 12.1 Å². The zero-order valence-corrected chi connectivity index (χ0v) is 13.5. The number of nitrogens with one attached hydrogen (secondary N) is 2. The summed E-state index contributed by atoms with van der Waals surface area (Å²) in [5.41, 5.74) is 0.293. The molecule has 8 nitrogen and oxygen atoms in total. The monoisotopic (exact) mass is 340 g/mol. The third-order valence-electron chi connectivity index (χ3n) is 2.97. The Hall–Kier alpha value is -2.00. The van der Waals surface area contributed by atoms with Gasteiger partial charge in [0.1, 0.15) is 13.2 Å². The Balaban J connectivity index is 2.50. The number of carbonyl (C=O) groups excluding carboxylic acids is 2. The van der Waals surface area contributed by atoms with E-state index >= 15 is 0 Å². The molecule has 0 unspecified atom stereocenters. The van der Waals surface area contributed by atoms with Crippen LogP contribution in [0.15, 0.2) is 24.3 Å². The maximum atomic E-state index is 12.1. The molecule has 0 saturated heterocycles. The van der Waals surface area contributed by atoms with Crippen LogP contribution in [0.3, 0.4) is 0 Å². The largest absolute Gasteiger partial charge is 0.461 e. The van der Waals surface area contributed by atoms with E-state index in [2.05, 4.69) is 10.6 Å². The van der Waals surface area contributed by atoms with Gasteiger partial charge in [-0.1, -0.05) is 12.1 Å². The number of carbonyl (C=O) groups is 2. The first-order valence-electron chi connectivity index (χ1n) is 7.77. The molecule has 0 saturated carbocycles. The van der Waals surface area contributed by atoms with Crippen molar-refractivity contribution in [3.05, 3.63) is 35.4 Å². The Morgan fingerprint density at radius 1 is 0.792 bits per heavy atom. The van der Waals surface area contributed by atoms with Crippen LogP contribution in [0.5, 0.6) is 0 Å². The van der Waals surface area contributed by atoms with E-state index in [0.29, 0.717) is 26.2 Å². The smallest absolute Gasteiger partial charge is 0.339 e. The Morgan fingerprint density at radius 2 is 1.21 bits per heavy atom. The molecule has 8 heteroatoms. The number of aliphatic hydroxyl groups is 2. The summed E-state index contributed by atoms with van der Waals surface area (Å²) in [5, 5.41) is 23.0. The molecule has 0 radical (unpaired) electrons. The first-order valence-corrected chi connectivity index (χ1v) is 7.77. The number of ether oxygens (including phenoxy) is 2. The summed E-state index contributed by atoms with van der Waals surface area (Å²) in [6, 6.07) is 6.29. The van der Waals surface area contributed by atoms with Crippen molar-refractivity contribution in [2.24, 2.45) is 0 Å². The van der Waals surface area contributed by atoms with Gasteiger partial charge < -0.3 is 30.3 Å². The number of hydrogen-bond acceptors (Lipinski definition) is 8. The van der Waals surface area contributed by atoms with Crippen LogP contribution >= 0.6 is 0 Å². The molecule has 1 aromatic rings. The molecule has 1 rings (SSSR count). The summed E-state index contributed by atoms with van der Waals surface area (Å²) in [7, 11) is 0. The summed E-state index contributed by atoms with van der Waals surface area (Å²) in [4.78, 5) is 24.1. The highest BCUT2D eigenvalue weighted by atomic mass is 16.5. The number of hydrogen-bond donors (Lipinski definition) is 4. The molecule has 0 atom stereocenters. The summed E-state index contributed by atoms with van der Waals surface area (Å²) >= 11 is 0. The fourth-order valence-electron chi connectivity index (χ4n) is 1.83. The van der Waals surface area contributed by atoms with E-state index < -0.39 is 11.9 Å². The number of aliphatic hydroxyl groups excluding tert-OH is 2. The number of esters is 2. The highest BCUT2D eigenvalue weighted by molar-refractivity contribution is 6.03. The molecule has 0 aromatic heterocycles. The molecule has 0 amide bonds. The molecule has 0 heterocycles. The van der Waals surface area contributed by atoms with Crippen molar-refractivity contribution in [1.29, 1.82) is 0 Å². The molecule has 0 spiro atoms. The van der Waals surface area contributed by atoms with Crippen LogP contribution < -0.4 is 10.6 Å². The third-order valence-corrected chi connectivity index (χ3v) is 2.97. The average Bonchev–Trinajstić information content (AvgIpc) is 2.61. The molecule has 134 valence electrons. The van der Waals surface area contributed by atoms with Gasteiger partial charge in [-0.05, 0) is 12.1 Å². The standard InChI is InChI=1S/C16H24N2O6/c19-9-5-17-7-11-23-15(21)13-3-1-2-4-14(13)16(22)24-12-8-18-6-10-20/h1-4,17-20H,5-12H2. The summed E-state index contributed by atoms with van der Waals surface area (Å²) < 4.78 is 10.2. The van der Waals surface area contributed by atoms with Crippen LogP contribution in [0.4, 0.5) is 0 Å². The lowest BCUT2D eigenvalue weighted by molar-refractivity contribution is 0.0460. The second-order valence-electron chi connectivity index (χ2n) is 4.76. The van der Waals surface area contributed by atoms with Crippen molar-refractivity contribution in [2.45, 2.75) is 0 Å². The van der Waals surface area contributed by atoms with Gasteiger partial charge in [0.05, 0.1) is 24.3 Å².